The first kappa shape index (κ1) is 17.7. The number of ether oxygens (including phenoxy) is 1. The van der Waals surface area contributed by atoms with Crippen molar-refractivity contribution < 1.29 is 9.53 Å². The van der Waals surface area contributed by atoms with Crippen molar-refractivity contribution in [2.75, 3.05) is 18.9 Å². The van der Waals surface area contributed by atoms with E-state index in [9.17, 15) is 4.79 Å². The first-order valence-corrected chi connectivity index (χ1v) is 9.37. The van der Waals surface area contributed by atoms with Crippen molar-refractivity contribution in [1.29, 1.82) is 0 Å². The number of hydrogen-bond donors (Lipinski definition) is 1. The number of nitrogens with one attached hydrogen (secondary N) is 1. The van der Waals surface area contributed by atoms with E-state index in [1.165, 1.54) is 11.8 Å². The fourth-order valence-electron chi connectivity index (χ4n) is 2.70. The van der Waals surface area contributed by atoms with Gasteiger partial charge in [-0.05, 0) is 12.8 Å². The van der Waals surface area contributed by atoms with Crippen molar-refractivity contribution >= 4 is 17.7 Å². The largest absolute Gasteiger partial charge is 0.376 e. The molecule has 2 heterocycles. The highest BCUT2D eigenvalue weighted by Crippen LogP contribution is 2.23. The molecule has 1 atom stereocenters. The van der Waals surface area contributed by atoms with Crippen molar-refractivity contribution in [2.24, 2.45) is 0 Å². The van der Waals surface area contributed by atoms with Crippen LogP contribution in [-0.2, 0) is 16.1 Å². The molecule has 3 rings (SSSR count). The lowest BCUT2D eigenvalue weighted by Gasteiger charge is -2.11. The molecule has 25 heavy (non-hydrogen) atoms. The van der Waals surface area contributed by atoms with E-state index in [1.54, 1.807) is 6.08 Å². The average Bonchev–Trinajstić information content (AvgIpc) is 3.29. The Morgan fingerprint density at radius 2 is 2.24 bits per heavy atom. The molecule has 0 radical (unpaired) electrons. The van der Waals surface area contributed by atoms with Crippen LogP contribution in [0.15, 0.2) is 48.1 Å². The summed E-state index contributed by atoms with van der Waals surface area (Å²) in [6, 6.07) is 9.88. The standard InChI is InChI=1S/C18H22N4O2S/c1-2-10-22-17(14-7-4-3-5-8-14)20-21-18(22)25-13-16(23)19-12-15-9-6-11-24-15/h2-5,7-8,15H,1,6,9-13H2,(H,19,23)/t15-/m1/s1. The number of nitrogens with zero attached hydrogens (tertiary/aromatic N) is 3. The second kappa shape index (κ2) is 8.82. The van der Waals surface area contributed by atoms with Crippen molar-refractivity contribution in [1.82, 2.24) is 20.1 Å². The molecular formula is C18H22N4O2S. The lowest BCUT2D eigenvalue weighted by Crippen LogP contribution is -2.32. The Morgan fingerprint density at radius 3 is 2.96 bits per heavy atom. The molecular weight excluding hydrogens is 336 g/mol. The predicted octanol–water partition coefficient (Wildman–Crippen LogP) is 2.52. The summed E-state index contributed by atoms with van der Waals surface area (Å²) in [5, 5.41) is 12.2. The van der Waals surface area contributed by atoms with Crippen molar-refractivity contribution in [3.8, 4) is 11.4 Å². The van der Waals surface area contributed by atoms with E-state index >= 15 is 0 Å². The number of benzene rings is 1. The van der Waals surface area contributed by atoms with Crippen molar-refractivity contribution in [3.05, 3.63) is 43.0 Å². The number of hydrogen-bond acceptors (Lipinski definition) is 5. The summed E-state index contributed by atoms with van der Waals surface area (Å²) in [6.45, 7) is 5.77. The zero-order valence-corrected chi connectivity index (χ0v) is 14.9. The molecule has 1 aromatic carbocycles. The molecule has 132 valence electrons. The minimum Gasteiger partial charge on any atom is -0.376 e. The van der Waals surface area contributed by atoms with Crippen LogP contribution in [0.4, 0.5) is 0 Å². The zero-order chi connectivity index (χ0) is 17.5. The Kier molecular flexibility index (Phi) is 6.25. The molecule has 0 bridgehead atoms. The summed E-state index contributed by atoms with van der Waals surface area (Å²) in [5.74, 6) is 1.06. The van der Waals surface area contributed by atoms with Crippen LogP contribution in [0.1, 0.15) is 12.8 Å². The summed E-state index contributed by atoms with van der Waals surface area (Å²) in [5.41, 5.74) is 0.992. The van der Waals surface area contributed by atoms with E-state index in [-0.39, 0.29) is 12.0 Å². The van der Waals surface area contributed by atoms with E-state index in [4.69, 9.17) is 4.74 Å². The van der Waals surface area contributed by atoms with Gasteiger partial charge in [0, 0.05) is 25.3 Å². The van der Waals surface area contributed by atoms with E-state index in [0.29, 0.717) is 24.0 Å². The maximum Gasteiger partial charge on any atom is 0.230 e. The summed E-state index contributed by atoms with van der Waals surface area (Å²) in [7, 11) is 0. The Bertz CT molecular complexity index is 711. The summed E-state index contributed by atoms with van der Waals surface area (Å²) in [4.78, 5) is 12.1. The van der Waals surface area contributed by atoms with E-state index in [1.807, 2.05) is 34.9 Å². The molecule has 0 unspecified atom stereocenters. The number of rotatable bonds is 8. The number of aromatic nitrogens is 3. The van der Waals surface area contributed by atoms with Crippen LogP contribution in [0.5, 0.6) is 0 Å². The molecule has 1 aliphatic rings. The van der Waals surface area contributed by atoms with Crippen LogP contribution in [0.2, 0.25) is 0 Å². The Balaban J connectivity index is 1.60. The molecule has 1 fully saturated rings. The van der Waals surface area contributed by atoms with Gasteiger partial charge in [-0.1, -0.05) is 48.2 Å². The van der Waals surface area contributed by atoms with E-state index in [0.717, 1.165) is 30.8 Å². The number of carbonyl (C=O) groups is 1. The molecule has 6 nitrogen and oxygen atoms in total. The van der Waals surface area contributed by atoms with Gasteiger partial charge in [0.15, 0.2) is 11.0 Å². The first-order chi connectivity index (χ1) is 12.3. The van der Waals surface area contributed by atoms with Crippen LogP contribution < -0.4 is 5.32 Å². The van der Waals surface area contributed by atoms with Crippen LogP contribution in [0.3, 0.4) is 0 Å². The van der Waals surface area contributed by atoms with Gasteiger partial charge in [-0.15, -0.1) is 16.8 Å². The zero-order valence-electron chi connectivity index (χ0n) is 14.1. The molecule has 0 aliphatic carbocycles. The lowest BCUT2D eigenvalue weighted by molar-refractivity contribution is -0.119. The highest BCUT2D eigenvalue weighted by atomic mass is 32.2. The van der Waals surface area contributed by atoms with Gasteiger partial charge >= 0.3 is 0 Å². The molecule has 1 N–H and O–H groups in total. The van der Waals surface area contributed by atoms with Gasteiger partial charge in [-0.25, -0.2) is 0 Å². The molecule has 0 spiro atoms. The molecule has 1 aliphatic heterocycles. The number of thioether (sulfide) groups is 1. The van der Waals surface area contributed by atoms with Gasteiger partial charge in [-0.3, -0.25) is 9.36 Å². The van der Waals surface area contributed by atoms with Gasteiger partial charge in [0.1, 0.15) is 0 Å². The fraction of sp³-hybridized carbons (Fsp3) is 0.389. The molecule has 1 saturated heterocycles. The fourth-order valence-corrected chi connectivity index (χ4v) is 3.48. The molecule has 0 saturated carbocycles. The lowest BCUT2D eigenvalue weighted by atomic mass is 10.2. The maximum atomic E-state index is 12.1. The monoisotopic (exact) mass is 358 g/mol. The third-order valence-corrected chi connectivity index (χ3v) is 4.91. The Morgan fingerprint density at radius 1 is 1.40 bits per heavy atom. The smallest absolute Gasteiger partial charge is 0.230 e. The van der Waals surface area contributed by atoms with Crippen LogP contribution in [0, 0.1) is 0 Å². The minimum atomic E-state index is -0.0186. The quantitative estimate of drug-likeness (QED) is 0.580. The van der Waals surface area contributed by atoms with Crippen LogP contribution in [-0.4, -0.2) is 45.7 Å². The number of amides is 1. The molecule has 2 aromatic rings. The second-order valence-corrected chi connectivity index (χ2v) is 6.74. The van der Waals surface area contributed by atoms with Crippen LogP contribution >= 0.6 is 11.8 Å². The Labute approximate surface area is 151 Å². The topological polar surface area (TPSA) is 69.0 Å². The predicted molar refractivity (Wildman–Crippen MR) is 98.4 cm³/mol. The first-order valence-electron chi connectivity index (χ1n) is 8.38. The third kappa shape index (κ3) is 4.70. The van der Waals surface area contributed by atoms with E-state index in [2.05, 4.69) is 22.1 Å². The highest BCUT2D eigenvalue weighted by molar-refractivity contribution is 7.99. The third-order valence-electron chi connectivity index (χ3n) is 3.94. The summed E-state index contributed by atoms with van der Waals surface area (Å²) < 4.78 is 7.48. The normalized spacial score (nSPS) is 16.7. The minimum absolute atomic E-state index is 0.0186. The Hall–Kier alpha value is -2.12. The van der Waals surface area contributed by atoms with Gasteiger partial charge in [0.05, 0.1) is 11.9 Å². The van der Waals surface area contributed by atoms with Crippen LogP contribution in [0.25, 0.3) is 11.4 Å². The molecule has 1 aromatic heterocycles. The molecule has 1 amide bonds. The number of carbonyl (C=O) groups excluding carboxylic acids is 1. The maximum absolute atomic E-state index is 12.1. The van der Waals surface area contributed by atoms with Gasteiger partial charge < -0.3 is 10.1 Å². The average molecular weight is 358 g/mol. The number of allylic oxidation sites excluding steroid dienone is 1. The van der Waals surface area contributed by atoms with Crippen molar-refractivity contribution in [2.45, 2.75) is 30.6 Å². The molecule has 7 heteroatoms. The second-order valence-electron chi connectivity index (χ2n) is 5.80. The highest BCUT2D eigenvalue weighted by Gasteiger charge is 2.17. The van der Waals surface area contributed by atoms with Crippen molar-refractivity contribution in [3.63, 3.8) is 0 Å². The van der Waals surface area contributed by atoms with E-state index < -0.39 is 0 Å². The van der Waals surface area contributed by atoms with Gasteiger partial charge in [0.2, 0.25) is 5.91 Å². The van der Waals surface area contributed by atoms with Gasteiger partial charge in [-0.2, -0.15) is 0 Å². The SMILES string of the molecule is C=CCn1c(SCC(=O)NC[C@H]2CCCO2)nnc1-c1ccccc1. The summed E-state index contributed by atoms with van der Waals surface area (Å²) in [6.07, 6.45) is 4.05. The van der Waals surface area contributed by atoms with Gasteiger partial charge in [0.25, 0.3) is 0 Å². The summed E-state index contributed by atoms with van der Waals surface area (Å²) >= 11 is 1.38.